The van der Waals surface area contributed by atoms with E-state index in [9.17, 15) is 8.78 Å². The lowest BCUT2D eigenvalue weighted by molar-refractivity contribution is 0.0741. The Labute approximate surface area is 101 Å². The van der Waals surface area contributed by atoms with Gasteiger partial charge in [-0.05, 0) is 32.9 Å². The number of nitrogens with one attached hydrogen (secondary N) is 1. The van der Waals surface area contributed by atoms with Crippen LogP contribution in [0.15, 0.2) is 18.2 Å². The van der Waals surface area contributed by atoms with Crippen LogP contribution in [0.25, 0.3) is 0 Å². The van der Waals surface area contributed by atoms with Crippen molar-refractivity contribution < 1.29 is 13.5 Å². The van der Waals surface area contributed by atoms with Gasteiger partial charge in [0.2, 0.25) is 0 Å². The van der Waals surface area contributed by atoms with E-state index in [1.54, 1.807) is 6.92 Å². The van der Waals surface area contributed by atoms with Crippen LogP contribution in [-0.2, 0) is 4.74 Å². The van der Waals surface area contributed by atoms with E-state index >= 15 is 0 Å². The van der Waals surface area contributed by atoms with E-state index in [4.69, 9.17) is 4.74 Å². The summed E-state index contributed by atoms with van der Waals surface area (Å²) in [5.74, 6) is -1.04. The largest absolute Gasteiger partial charge is 0.377 e. The van der Waals surface area contributed by atoms with Crippen molar-refractivity contribution in [3.05, 3.63) is 35.4 Å². The Kier molecular flexibility index (Phi) is 5.51. The summed E-state index contributed by atoms with van der Waals surface area (Å²) in [6, 6.07) is 3.52. The molecule has 0 saturated heterocycles. The van der Waals surface area contributed by atoms with Crippen LogP contribution < -0.4 is 5.32 Å². The number of hydrogen-bond acceptors (Lipinski definition) is 2. The molecule has 0 aliphatic carbocycles. The minimum atomic E-state index is -0.519. The predicted octanol–water partition coefficient (Wildman–Crippen LogP) is 3.04. The lowest BCUT2D eigenvalue weighted by Gasteiger charge is -2.19. The van der Waals surface area contributed by atoms with Gasteiger partial charge in [-0.1, -0.05) is 6.07 Å². The number of rotatable bonds is 6. The molecule has 0 aromatic heterocycles. The van der Waals surface area contributed by atoms with Gasteiger partial charge < -0.3 is 10.1 Å². The molecule has 0 amide bonds. The molecule has 4 heteroatoms. The highest BCUT2D eigenvalue weighted by Crippen LogP contribution is 2.20. The first-order valence-electron chi connectivity index (χ1n) is 5.85. The summed E-state index contributed by atoms with van der Waals surface area (Å²) in [5.41, 5.74) is 0.0798. The lowest BCUT2D eigenvalue weighted by Crippen LogP contribution is -2.30. The summed E-state index contributed by atoms with van der Waals surface area (Å²) in [6.45, 7) is 6.76. The maximum absolute atomic E-state index is 13.5. The molecule has 0 saturated carbocycles. The highest BCUT2D eigenvalue weighted by atomic mass is 19.1. The van der Waals surface area contributed by atoms with Gasteiger partial charge in [-0.15, -0.1) is 0 Å². The molecular weight excluding hydrogens is 224 g/mol. The van der Waals surface area contributed by atoms with Gasteiger partial charge in [0, 0.05) is 24.8 Å². The summed E-state index contributed by atoms with van der Waals surface area (Å²) in [6.07, 6.45) is 0.0253. The zero-order valence-electron chi connectivity index (χ0n) is 10.5. The number of halogens is 2. The third-order valence-corrected chi connectivity index (χ3v) is 2.60. The molecule has 0 spiro atoms. The van der Waals surface area contributed by atoms with Crippen LogP contribution in [0.3, 0.4) is 0 Å². The third kappa shape index (κ3) is 4.06. The van der Waals surface area contributed by atoms with Crippen LogP contribution in [0.4, 0.5) is 8.78 Å². The predicted molar refractivity (Wildman–Crippen MR) is 63.9 cm³/mol. The monoisotopic (exact) mass is 243 g/mol. The fraction of sp³-hybridized carbons (Fsp3) is 0.538. The molecule has 0 aliphatic heterocycles. The van der Waals surface area contributed by atoms with Crippen LogP contribution in [0, 0.1) is 11.6 Å². The van der Waals surface area contributed by atoms with E-state index < -0.39 is 11.6 Å². The van der Waals surface area contributed by atoms with Crippen molar-refractivity contribution in [1.82, 2.24) is 5.32 Å². The fourth-order valence-electron chi connectivity index (χ4n) is 1.71. The standard InChI is InChI=1S/C13H19F2NO/c1-4-17-9(2)8-16-10(3)13-11(14)6-5-7-12(13)15/h5-7,9-10,16H,4,8H2,1-3H3. The van der Waals surface area contributed by atoms with E-state index in [1.165, 1.54) is 18.2 Å². The second kappa shape index (κ2) is 6.67. The molecule has 0 fully saturated rings. The number of hydrogen-bond donors (Lipinski definition) is 1. The molecule has 0 radical (unpaired) electrons. The maximum Gasteiger partial charge on any atom is 0.130 e. The summed E-state index contributed by atoms with van der Waals surface area (Å²) in [4.78, 5) is 0. The van der Waals surface area contributed by atoms with Gasteiger partial charge in [0.05, 0.1) is 6.10 Å². The molecule has 96 valence electrons. The van der Waals surface area contributed by atoms with Gasteiger partial charge >= 0.3 is 0 Å². The Balaban J connectivity index is 2.61. The van der Waals surface area contributed by atoms with Gasteiger partial charge in [0.1, 0.15) is 11.6 Å². The van der Waals surface area contributed by atoms with Crippen molar-refractivity contribution in [3.63, 3.8) is 0 Å². The van der Waals surface area contributed by atoms with E-state index in [1.807, 2.05) is 13.8 Å². The minimum Gasteiger partial charge on any atom is -0.377 e. The van der Waals surface area contributed by atoms with Crippen molar-refractivity contribution in [2.75, 3.05) is 13.2 Å². The Morgan fingerprint density at radius 1 is 1.24 bits per heavy atom. The molecule has 1 N–H and O–H groups in total. The highest BCUT2D eigenvalue weighted by Gasteiger charge is 2.16. The molecule has 0 bridgehead atoms. The smallest absolute Gasteiger partial charge is 0.130 e. The van der Waals surface area contributed by atoms with Gasteiger partial charge in [-0.2, -0.15) is 0 Å². The molecule has 1 aromatic rings. The molecule has 2 atom stereocenters. The van der Waals surface area contributed by atoms with Crippen LogP contribution in [0.2, 0.25) is 0 Å². The van der Waals surface area contributed by atoms with Gasteiger partial charge in [0.25, 0.3) is 0 Å². The molecule has 1 rings (SSSR count). The molecule has 1 aromatic carbocycles. The average molecular weight is 243 g/mol. The molecule has 17 heavy (non-hydrogen) atoms. The summed E-state index contributed by atoms with van der Waals surface area (Å²) >= 11 is 0. The first-order chi connectivity index (χ1) is 8.06. The van der Waals surface area contributed by atoms with Gasteiger partial charge in [-0.25, -0.2) is 8.78 Å². The molecule has 2 unspecified atom stereocenters. The van der Waals surface area contributed by atoms with Gasteiger partial charge in [0.15, 0.2) is 0 Å². The first kappa shape index (κ1) is 14.1. The SMILES string of the molecule is CCOC(C)CNC(C)c1c(F)cccc1F. The summed E-state index contributed by atoms with van der Waals surface area (Å²) < 4.78 is 32.3. The Bertz CT molecular complexity index is 337. The number of ether oxygens (including phenoxy) is 1. The topological polar surface area (TPSA) is 21.3 Å². The Morgan fingerprint density at radius 3 is 2.35 bits per heavy atom. The number of benzene rings is 1. The summed E-state index contributed by atoms with van der Waals surface area (Å²) in [7, 11) is 0. The average Bonchev–Trinajstić information content (AvgIpc) is 2.26. The van der Waals surface area contributed by atoms with E-state index in [2.05, 4.69) is 5.32 Å². The van der Waals surface area contributed by atoms with Gasteiger partial charge in [-0.3, -0.25) is 0 Å². The first-order valence-corrected chi connectivity index (χ1v) is 5.85. The van der Waals surface area contributed by atoms with E-state index in [0.717, 1.165) is 0 Å². The maximum atomic E-state index is 13.5. The van der Waals surface area contributed by atoms with Crippen LogP contribution in [0.5, 0.6) is 0 Å². The quantitative estimate of drug-likeness (QED) is 0.829. The van der Waals surface area contributed by atoms with Crippen molar-refractivity contribution >= 4 is 0 Å². The zero-order valence-corrected chi connectivity index (χ0v) is 10.5. The van der Waals surface area contributed by atoms with Crippen LogP contribution in [0.1, 0.15) is 32.4 Å². The molecule has 0 heterocycles. The second-order valence-electron chi connectivity index (χ2n) is 4.03. The van der Waals surface area contributed by atoms with Crippen LogP contribution >= 0.6 is 0 Å². The fourth-order valence-corrected chi connectivity index (χ4v) is 1.71. The van der Waals surface area contributed by atoms with Crippen LogP contribution in [-0.4, -0.2) is 19.3 Å². The summed E-state index contributed by atoms with van der Waals surface area (Å²) in [5, 5.41) is 3.06. The molecular formula is C13H19F2NO. The normalized spacial score (nSPS) is 14.6. The Hall–Kier alpha value is -1.00. The van der Waals surface area contributed by atoms with E-state index in [0.29, 0.717) is 13.2 Å². The van der Waals surface area contributed by atoms with Crippen molar-refractivity contribution in [1.29, 1.82) is 0 Å². The highest BCUT2D eigenvalue weighted by molar-refractivity contribution is 5.22. The van der Waals surface area contributed by atoms with E-state index in [-0.39, 0.29) is 17.7 Å². The molecule has 2 nitrogen and oxygen atoms in total. The molecule has 0 aliphatic rings. The van der Waals surface area contributed by atoms with Crippen molar-refractivity contribution in [3.8, 4) is 0 Å². The third-order valence-electron chi connectivity index (χ3n) is 2.60. The zero-order chi connectivity index (χ0) is 12.8. The lowest BCUT2D eigenvalue weighted by atomic mass is 10.1. The second-order valence-corrected chi connectivity index (χ2v) is 4.03. The minimum absolute atomic E-state index is 0.0253. The Morgan fingerprint density at radius 2 is 1.82 bits per heavy atom. The van der Waals surface area contributed by atoms with Crippen molar-refractivity contribution in [2.45, 2.75) is 32.9 Å². The van der Waals surface area contributed by atoms with Crippen molar-refractivity contribution in [2.24, 2.45) is 0 Å².